The number of fused-ring (bicyclic) bond motifs is 1. The molecular weight excluding hydrogens is 407 g/mol. The molecule has 1 unspecified atom stereocenters. The lowest BCUT2D eigenvalue weighted by atomic mass is 10.1. The number of benzene rings is 2. The Morgan fingerprint density at radius 3 is 2.43 bits per heavy atom. The monoisotopic (exact) mass is 440 g/mol. The summed E-state index contributed by atoms with van der Waals surface area (Å²) in [7, 11) is -4.44. The molecule has 0 saturated heterocycles. The van der Waals surface area contributed by atoms with Gasteiger partial charge in [0.15, 0.2) is 0 Å². The number of hydrogen-bond donors (Lipinski definition) is 2. The summed E-state index contributed by atoms with van der Waals surface area (Å²) in [6.07, 6.45) is 5.53. The van der Waals surface area contributed by atoms with Gasteiger partial charge in [-0.2, -0.15) is 0 Å². The third kappa shape index (κ3) is 10.0. The van der Waals surface area contributed by atoms with E-state index in [0.717, 1.165) is 29.4 Å². The van der Waals surface area contributed by atoms with Crippen molar-refractivity contribution in [2.45, 2.75) is 45.1 Å². The van der Waals surface area contributed by atoms with Crippen LogP contribution in [0.2, 0.25) is 0 Å². The molecule has 0 saturated carbocycles. The topological polar surface area (TPSA) is 94.5 Å². The molecule has 0 bridgehead atoms. The van der Waals surface area contributed by atoms with Crippen LogP contribution in [0.25, 0.3) is 10.8 Å². The Bertz CT molecular complexity index is 772. The molecule has 30 heavy (non-hydrogen) atoms. The van der Waals surface area contributed by atoms with E-state index in [2.05, 4.69) is 29.6 Å². The number of ether oxygens (including phenoxy) is 3. The van der Waals surface area contributed by atoms with E-state index < -0.39 is 7.82 Å². The standard InChI is InChI=1S/C22H33O7P/c1-2-3-4-5-11-20(18-27-15-14-26-16-17-28-30(23,24)25)29-22-13-8-10-19-9-6-7-12-21(19)22/h6-10,12-13,20H,2-5,11,14-18H2,1H3,(H2,23,24,25). The number of phosphoric ester groups is 1. The minimum absolute atomic E-state index is 0.0503. The van der Waals surface area contributed by atoms with Crippen LogP contribution in [0.5, 0.6) is 5.75 Å². The van der Waals surface area contributed by atoms with Crippen molar-refractivity contribution >= 4 is 18.6 Å². The zero-order chi connectivity index (χ0) is 21.7. The second-order valence-electron chi connectivity index (χ2n) is 7.08. The van der Waals surface area contributed by atoms with E-state index in [1.807, 2.05) is 24.3 Å². The normalized spacial score (nSPS) is 12.9. The van der Waals surface area contributed by atoms with Gasteiger partial charge in [0.25, 0.3) is 0 Å². The predicted octanol–water partition coefficient (Wildman–Crippen LogP) is 4.70. The van der Waals surface area contributed by atoms with Gasteiger partial charge in [-0.3, -0.25) is 4.52 Å². The van der Waals surface area contributed by atoms with Gasteiger partial charge in [0, 0.05) is 5.39 Å². The van der Waals surface area contributed by atoms with E-state index in [1.165, 1.54) is 19.3 Å². The third-order valence-electron chi connectivity index (χ3n) is 4.59. The van der Waals surface area contributed by atoms with E-state index in [0.29, 0.717) is 19.8 Å². The molecule has 0 aliphatic carbocycles. The number of unbranched alkanes of at least 4 members (excludes halogenated alkanes) is 3. The van der Waals surface area contributed by atoms with Crippen LogP contribution in [0, 0.1) is 0 Å². The number of hydrogen-bond acceptors (Lipinski definition) is 5. The average molecular weight is 440 g/mol. The van der Waals surface area contributed by atoms with Gasteiger partial charge in [-0.1, -0.05) is 62.6 Å². The van der Waals surface area contributed by atoms with Crippen molar-refractivity contribution in [1.82, 2.24) is 0 Å². The predicted molar refractivity (Wildman–Crippen MR) is 117 cm³/mol. The summed E-state index contributed by atoms with van der Waals surface area (Å²) in [5.74, 6) is 0.864. The first-order valence-electron chi connectivity index (χ1n) is 10.5. The van der Waals surface area contributed by atoms with E-state index in [1.54, 1.807) is 0 Å². The van der Waals surface area contributed by atoms with Crippen LogP contribution in [-0.4, -0.2) is 48.9 Å². The maximum absolute atomic E-state index is 10.6. The molecule has 0 aliphatic rings. The molecule has 0 spiro atoms. The quantitative estimate of drug-likeness (QED) is 0.289. The average Bonchev–Trinajstić information content (AvgIpc) is 2.72. The van der Waals surface area contributed by atoms with Crippen LogP contribution in [0.4, 0.5) is 0 Å². The molecule has 168 valence electrons. The van der Waals surface area contributed by atoms with Gasteiger partial charge in [0.2, 0.25) is 0 Å². The molecule has 2 aromatic carbocycles. The van der Waals surface area contributed by atoms with E-state index in [9.17, 15) is 4.57 Å². The maximum atomic E-state index is 10.6. The Labute approximate surface area is 178 Å². The Morgan fingerprint density at radius 1 is 0.900 bits per heavy atom. The maximum Gasteiger partial charge on any atom is 0.469 e. The molecule has 2 N–H and O–H groups in total. The van der Waals surface area contributed by atoms with Crippen molar-refractivity contribution in [3.05, 3.63) is 42.5 Å². The van der Waals surface area contributed by atoms with Crippen LogP contribution in [-0.2, 0) is 18.6 Å². The molecular formula is C22H33O7P. The van der Waals surface area contributed by atoms with Crippen molar-refractivity contribution in [3.8, 4) is 5.75 Å². The van der Waals surface area contributed by atoms with Gasteiger partial charge in [-0.05, 0) is 24.3 Å². The SMILES string of the molecule is CCCCCCC(COCCOCCOP(=O)(O)O)Oc1cccc2ccccc12. The summed E-state index contributed by atoms with van der Waals surface area (Å²) >= 11 is 0. The fourth-order valence-electron chi connectivity index (χ4n) is 3.10. The highest BCUT2D eigenvalue weighted by Crippen LogP contribution is 2.35. The molecule has 2 rings (SSSR count). The number of phosphoric acid groups is 1. The van der Waals surface area contributed by atoms with Crippen molar-refractivity contribution < 1.29 is 33.1 Å². The second kappa shape index (κ2) is 13.8. The van der Waals surface area contributed by atoms with E-state index >= 15 is 0 Å². The summed E-state index contributed by atoms with van der Waals surface area (Å²) < 4.78 is 32.2. The summed E-state index contributed by atoms with van der Waals surface area (Å²) in [6.45, 7) is 3.29. The molecule has 0 aromatic heterocycles. The molecule has 0 radical (unpaired) electrons. The highest BCUT2D eigenvalue weighted by Gasteiger charge is 2.14. The first-order valence-corrected chi connectivity index (χ1v) is 12.0. The van der Waals surface area contributed by atoms with Crippen molar-refractivity contribution in [3.63, 3.8) is 0 Å². The summed E-state index contributed by atoms with van der Waals surface area (Å²) in [5, 5.41) is 2.23. The minimum Gasteiger partial charge on any atom is -0.487 e. The van der Waals surface area contributed by atoms with E-state index in [4.69, 9.17) is 24.0 Å². The van der Waals surface area contributed by atoms with Crippen LogP contribution in [0.3, 0.4) is 0 Å². The van der Waals surface area contributed by atoms with Gasteiger partial charge >= 0.3 is 7.82 Å². The van der Waals surface area contributed by atoms with Gasteiger partial charge in [-0.25, -0.2) is 4.57 Å². The smallest absolute Gasteiger partial charge is 0.469 e. The summed E-state index contributed by atoms with van der Waals surface area (Å²) in [5.41, 5.74) is 0. The van der Waals surface area contributed by atoms with Gasteiger partial charge in [-0.15, -0.1) is 0 Å². The third-order valence-corrected chi connectivity index (χ3v) is 5.10. The molecule has 0 fully saturated rings. The van der Waals surface area contributed by atoms with Gasteiger partial charge in [0.1, 0.15) is 11.9 Å². The largest absolute Gasteiger partial charge is 0.487 e. The van der Waals surface area contributed by atoms with Crippen LogP contribution in [0.1, 0.15) is 39.0 Å². The number of rotatable bonds is 16. The molecule has 0 aliphatic heterocycles. The lowest BCUT2D eigenvalue weighted by Gasteiger charge is -2.20. The lowest BCUT2D eigenvalue weighted by molar-refractivity contribution is 0.00255. The molecule has 7 nitrogen and oxygen atoms in total. The zero-order valence-corrected chi connectivity index (χ0v) is 18.5. The molecule has 0 heterocycles. The Kier molecular flexibility index (Phi) is 11.4. The minimum atomic E-state index is -4.44. The Morgan fingerprint density at radius 2 is 1.63 bits per heavy atom. The molecule has 8 heteroatoms. The van der Waals surface area contributed by atoms with Gasteiger partial charge in [0.05, 0.1) is 33.0 Å². The van der Waals surface area contributed by atoms with Crippen LogP contribution in [0.15, 0.2) is 42.5 Å². The molecule has 1 atom stereocenters. The fraction of sp³-hybridized carbons (Fsp3) is 0.545. The summed E-state index contributed by atoms with van der Waals surface area (Å²) in [4.78, 5) is 17.2. The van der Waals surface area contributed by atoms with Crippen LogP contribution >= 0.6 is 7.82 Å². The zero-order valence-electron chi connectivity index (χ0n) is 17.6. The Balaban J connectivity index is 1.79. The first-order chi connectivity index (χ1) is 14.5. The second-order valence-corrected chi connectivity index (χ2v) is 8.32. The van der Waals surface area contributed by atoms with E-state index in [-0.39, 0.29) is 19.3 Å². The highest BCUT2D eigenvalue weighted by molar-refractivity contribution is 7.46. The summed E-state index contributed by atoms with van der Waals surface area (Å²) in [6, 6.07) is 14.2. The Hall–Kier alpha value is -1.47. The van der Waals surface area contributed by atoms with Gasteiger partial charge < -0.3 is 24.0 Å². The highest BCUT2D eigenvalue weighted by atomic mass is 31.2. The van der Waals surface area contributed by atoms with Crippen molar-refractivity contribution in [2.24, 2.45) is 0 Å². The molecule has 2 aromatic rings. The van der Waals surface area contributed by atoms with Crippen LogP contribution < -0.4 is 4.74 Å². The fourth-order valence-corrected chi connectivity index (χ4v) is 3.42. The molecule has 0 amide bonds. The lowest BCUT2D eigenvalue weighted by Crippen LogP contribution is -2.24. The van der Waals surface area contributed by atoms with Crippen molar-refractivity contribution in [2.75, 3.05) is 33.0 Å². The first kappa shape index (κ1) is 24.8. The van der Waals surface area contributed by atoms with Crippen molar-refractivity contribution in [1.29, 1.82) is 0 Å².